The third-order valence-electron chi connectivity index (χ3n) is 6.43. The lowest BCUT2D eigenvalue weighted by Crippen LogP contribution is -2.32. The van der Waals surface area contributed by atoms with Crippen molar-refractivity contribution in [2.45, 2.75) is 50.9 Å². The highest BCUT2D eigenvalue weighted by molar-refractivity contribution is 7.71. The summed E-state index contributed by atoms with van der Waals surface area (Å²) in [5.41, 5.74) is 2.56. The molecule has 6 heteroatoms. The zero-order valence-electron chi connectivity index (χ0n) is 18.2. The molecule has 2 aromatic carbocycles. The second-order valence-corrected chi connectivity index (χ2v) is 9.22. The molecule has 1 aliphatic carbocycles. The summed E-state index contributed by atoms with van der Waals surface area (Å²) < 4.78 is 5.22. The molecule has 0 N–H and O–H groups in total. The Morgan fingerprint density at radius 3 is 2.06 bits per heavy atom. The van der Waals surface area contributed by atoms with Gasteiger partial charge in [-0.3, -0.25) is 9.47 Å². The van der Waals surface area contributed by atoms with Crippen LogP contribution in [0.3, 0.4) is 0 Å². The number of benzene rings is 2. The van der Waals surface area contributed by atoms with E-state index in [2.05, 4.69) is 82.1 Å². The molecule has 162 valence electrons. The van der Waals surface area contributed by atoms with Crippen molar-refractivity contribution in [3.8, 4) is 0 Å². The second kappa shape index (κ2) is 8.97. The molecule has 5 rings (SSSR count). The van der Waals surface area contributed by atoms with Crippen molar-refractivity contribution in [3.05, 3.63) is 76.6 Å². The van der Waals surface area contributed by atoms with Gasteiger partial charge in [-0.2, -0.15) is 0 Å². The molecular weight excluding hydrogens is 402 g/mol. The quantitative estimate of drug-likeness (QED) is 0.466. The van der Waals surface area contributed by atoms with Crippen molar-refractivity contribution >= 4 is 18.2 Å². The molecule has 31 heavy (non-hydrogen) atoms. The first-order chi connectivity index (χ1) is 15.2. The predicted octanol–water partition coefficient (Wildman–Crippen LogP) is 5.42. The van der Waals surface area contributed by atoms with E-state index in [1.807, 2.05) is 4.68 Å². The molecule has 3 aromatic rings. The Balaban J connectivity index is 1.47. The van der Waals surface area contributed by atoms with Gasteiger partial charge < -0.3 is 4.90 Å². The van der Waals surface area contributed by atoms with Crippen LogP contribution in [0.15, 0.2) is 60.7 Å². The molecule has 0 unspecified atom stereocenters. The molecule has 1 aliphatic heterocycles. The van der Waals surface area contributed by atoms with Crippen molar-refractivity contribution < 1.29 is 0 Å². The largest absolute Gasteiger partial charge is 0.341 e. The van der Waals surface area contributed by atoms with Crippen LogP contribution in [-0.2, 0) is 6.67 Å². The molecule has 1 aromatic heterocycles. The Bertz CT molecular complexity index is 1010. The van der Waals surface area contributed by atoms with Crippen molar-refractivity contribution in [1.82, 2.24) is 19.2 Å². The molecule has 0 bridgehead atoms. The number of anilines is 1. The van der Waals surface area contributed by atoms with Gasteiger partial charge >= 0.3 is 0 Å². The Morgan fingerprint density at radius 1 is 0.935 bits per heavy atom. The third-order valence-corrected chi connectivity index (χ3v) is 6.84. The Morgan fingerprint density at radius 2 is 1.52 bits per heavy atom. The van der Waals surface area contributed by atoms with Gasteiger partial charge in [0.15, 0.2) is 0 Å². The molecule has 1 saturated carbocycles. The molecule has 2 fully saturated rings. The number of nitrogens with zero attached hydrogens (tertiary/aromatic N) is 5. The maximum absolute atomic E-state index is 5.95. The van der Waals surface area contributed by atoms with E-state index in [1.165, 1.54) is 43.2 Å². The molecule has 2 aliphatic rings. The number of aromatic nitrogens is 3. The lowest BCUT2D eigenvalue weighted by atomic mass is 9.98. The van der Waals surface area contributed by atoms with Gasteiger partial charge in [-0.05, 0) is 62.5 Å². The highest BCUT2D eigenvalue weighted by atomic mass is 32.1. The zero-order valence-corrected chi connectivity index (χ0v) is 19.0. The van der Waals surface area contributed by atoms with Gasteiger partial charge in [0.1, 0.15) is 0 Å². The molecule has 2 heterocycles. The third kappa shape index (κ3) is 4.32. The summed E-state index contributed by atoms with van der Waals surface area (Å²) in [7, 11) is 2.17. The van der Waals surface area contributed by atoms with Crippen LogP contribution in [0.2, 0.25) is 0 Å². The summed E-state index contributed by atoms with van der Waals surface area (Å²) in [6.45, 7) is 2.84. The van der Waals surface area contributed by atoms with Crippen LogP contribution in [-0.4, -0.2) is 39.4 Å². The smallest absolute Gasteiger partial charge is 0.226 e. The summed E-state index contributed by atoms with van der Waals surface area (Å²) in [6, 6.07) is 22.1. The summed E-state index contributed by atoms with van der Waals surface area (Å²) in [5, 5.41) is 5.06. The van der Waals surface area contributed by atoms with Crippen LogP contribution < -0.4 is 4.90 Å². The molecule has 0 radical (unpaired) electrons. The van der Waals surface area contributed by atoms with Crippen molar-refractivity contribution in [3.63, 3.8) is 0 Å². The van der Waals surface area contributed by atoms with Gasteiger partial charge in [0.05, 0.1) is 12.7 Å². The molecular formula is C25H31N5S. The van der Waals surface area contributed by atoms with Gasteiger partial charge in [0.2, 0.25) is 10.7 Å². The summed E-state index contributed by atoms with van der Waals surface area (Å²) in [4.78, 5) is 4.80. The number of piperidine rings is 1. The van der Waals surface area contributed by atoms with Gasteiger partial charge in [-0.15, -0.1) is 5.10 Å². The normalized spacial score (nSPS) is 16.9. The van der Waals surface area contributed by atoms with E-state index < -0.39 is 0 Å². The minimum absolute atomic E-state index is 0.147. The second-order valence-electron chi connectivity index (χ2n) is 8.85. The maximum Gasteiger partial charge on any atom is 0.226 e. The monoisotopic (exact) mass is 433 g/mol. The van der Waals surface area contributed by atoms with Crippen molar-refractivity contribution in [2.75, 3.05) is 25.0 Å². The number of hydrogen-bond acceptors (Lipinski definition) is 4. The van der Waals surface area contributed by atoms with Crippen LogP contribution in [0.5, 0.6) is 0 Å². The average Bonchev–Trinajstić information content (AvgIpc) is 3.60. The van der Waals surface area contributed by atoms with Crippen LogP contribution >= 0.6 is 12.2 Å². The molecule has 1 saturated heterocycles. The Labute approximate surface area is 189 Å². The fourth-order valence-corrected chi connectivity index (χ4v) is 5.06. The minimum atomic E-state index is 0.147. The lowest BCUT2D eigenvalue weighted by molar-refractivity contribution is 0.207. The SMILES string of the molecule is CN(Cn1nc(N2CCCCC2)n(C2CC2)c1=S)C(c1ccccc1)c1ccccc1. The molecule has 5 nitrogen and oxygen atoms in total. The minimum Gasteiger partial charge on any atom is -0.341 e. The van der Waals surface area contributed by atoms with Gasteiger partial charge in [-0.1, -0.05) is 60.7 Å². The Hall–Kier alpha value is -2.44. The number of rotatable bonds is 7. The van der Waals surface area contributed by atoms with Crippen LogP contribution in [0.4, 0.5) is 5.95 Å². The van der Waals surface area contributed by atoms with Gasteiger partial charge in [-0.25, -0.2) is 4.68 Å². The summed E-state index contributed by atoms with van der Waals surface area (Å²) >= 11 is 5.95. The van der Waals surface area contributed by atoms with E-state index >= 15 is 0 Å². The maximum atomic E-state index is 5.95. The molecule has 0 amide bonds. The van der Waals surface area contributed by atoms with E-state index in [1.54, 1.807) is 0 Å². The average molecular weight is 434 g/mol. The fraction of sp³-hybridized carbons (Fsp3) is 0.440. The first-order valence-electron chi connectivity index (χ1n) is 11.5. The predicted molar refractivity (Wildman–Crippen MR) is 128 cm³/mol. The van der Waals surface area contributed by atoms with Crippen LogP contribution in [0.1, 0.15) is 55.3 Å². The first kappa shape index (κ1) is 20.5. The van der Waals surface area contributed by atoms with Crippen LogP contribution in [0.25, 0.3) is 0 Å². The first-order valence-corrected chi connectivity index (χ1v) is 11.9. The molecule has 0 spiro atoms. The highest BCUT2D eigenvalue weighted by Gasteiger charge is 2.31. The summed E-state index contributed by atoms with van der Waals surface area (Å²) in [5.74, 6) is 1.08. The number of hydrogen-bond donors (Lipinski definition) is 0. The standard InChI is InChI=1S/C25H31N5S/c1-27(23(20-11-5-2-6-12-20)21-13-7-3-8-14-21)19-29-25(31)30(22-15-16-22)24(26-29)28-17-9-4-10-18-28/h2-3,5-8,11-14,22-23H,4,9-10,15-19H2,1H3. The van der Waals surface area contributed by atoms with E-state index in [4.69, 9.17) is 17.3 Å². The van der Waals surface area contributed by atoms with E-state index in [9.17, 15) is 0 Å². The van der Waals surface area contributed by atoms with E-state index in [-0.39, 0.29) is 6.04 Å². The molecule has 0 atom stereocenters. The highest BCUT2D eigenvalue weighted by Crippen LogP contribution is 2.39. The zero-order chi connectivity index (χ0) is 21.2. The van der Waals surface area contributed by atoms with Gasteiger partial charge in [0.25, 0.3) is 0 Å². The topological polar surface area (TPSA) is 29.2 Å². The van der Waals surface area contributed by atoms with E-state index in [0.717, 1.165) is 23.8 Å². The van der Waals surface area contributed by atoms with Crippen molar-refractivity contribution in [1.29, 1.82) is 0 Å². The lowest BCUT2D eigenvalue weighted by Gasteiger charge is -2.29. The van der Waals surface area contributed by atoms with Crippen molar-refractivity contribution in [2.24, 2.45) is 0 Å². The van der Waals surface area contributed by atoms with E-state index in [0.29, 0.717) is 12.7 Å². The fourth-order valence-electron chi connectivity index (χ4n) is 4.73. The Kier molecular flexibility index (Phi) is 5.92. The van der Waals surface area contributed by atoms with Gasteiger partial charge in [0, 0.05) is 19.1 Å². The van der Waals surface area contributed by atoms with Crippen LogP contribution in [0, 0.1) is 4.77 Å². The summed E-state index contributed by atoms with van der Waals surface area (Å²) in [6.07, 6.45) is 6.24.